The second-order valence-corrected chi connectivity index (χ2v) is 6.58. The topological polar surface area (TPSA) is 64.6 Å². The molecule has 1 amide bonds. The second kappa shape index (κ2) is 8.70. The molecule has 1 saturated heterocycles. The summed E-state index contributed by atoms with van der Waals surface area (Å²) >= 11 is 0. The number of piperazine rings is 1. The molecule has 144 valence electrons. The van der Waals surface area contributed by atoms with Crippen molar-refractivity contribution >= 4 is 29.0 Å². The van der Waals surface area contributed by atoms with E-state index in [1.807, 2.05) is 11.0 Å². The molecule has 1 N–H and O–H groups in total. The van der Waals surface area contributed by atoms with Gasteiger partial charge in [-0.2, -0.15) is 4.98 Å². The van der Waals surface area contributed by atoms with Crippen molar-refractivity contribution in [2.75, 3.05) is 54.4 Å². The number of carbonyl (C=O) groups is 1. The number of anilines is 4. The summed E-state index contributed by atoms with van der Waals surface area (Å²) in [6, 6.07) is 10.3. The van der Waals surface area contributed by atoms with E-state index in [1.54, 1.807) is 13.1 Å². The first kappa shape index (κ1) is 18.9. The smallest absolute Gasteiger partial charge is 0.227 e. The Kier molecular flexibility index (Phi) is 6.11. The van der Waals surface area contributed by atoms with E-state index in [9.17, 15) is 4.79 Å². The van der Waals surface area contributed by atoms with Crippen LogP contribution in [0.3, 0.4) is 0 Å². The summed E-state index contributed by atoms with van der Waals surface area (Å²) in [5, 5.41) is 3.35. The van der Waals surface area contributed by atoms with Crippen molar-refractivity contribution < 1.29 is 4.79 Å². The van der Waals surface area contributed by atoms with Gasteiger partial charge in [0.2, 0.25) is 11.9 Å². The second-order valence-electron chi connectivity index (χ2n) is 6.58. The summed E-state index contributed by atoms with van der Waals surface area (Å²) in [5.74, 6) is 1.59. The Labute approximate surface area is 161 Å². The number of carbonyl (C=O) groups excluding carboxylic acids is 1. The fourth-order valence-electron chi connectivity index (χ4n) is 3.28. The van der Waals surface area contributed by atoms with Crippen molar-refractivity contribution in [3.8, 4) is 0 Å². The van der Waals surface area contributed by atoms with E-state index in [1.165, 1.54) is 5.69 Å². The maximum atomic E-state index is 11.5. The Bertz CT molecular complexity index is 751. The number of amides is 1. The van der Waals surface area contributed by atoms with E-state index in [0.29, 0.717) is 19.0 Å². The average Bonchev–Trinajstić information content (AvgIpc) is 2.70. The number of hydrogen-bond acceptors (Lipinski definition) is 6. The largest absolute Gasteiger partial charge is 0.372 e. The molecule has 2 aromatic rings. The summed E-state index contributed by atoms with van der Waals surface area (Å²) in [7, 11) is 0. The van der Waals surface area contributed by atoms with Gasteiger partial charge in [-0.25, -0.2) is 4.98 Å². The molecule has 0 aliphatic carbocycles. The Morgan fingerprint density at radius 2 is 1.74 bits per heavy atom. The quantitative estimate of drug-likeness (QED) is 0.846. The first-order chi connectivity index (χ1) is 13.1. The van der Waals surface area contributed by atoms with Crippen LogP contribution < -0.4 is 15.1 Å². The first-order valence-corrected chi connectivity index (χ1v) is 9.56. The fourth-order valence-corrected chi connectivity index (χ4v) is 3.28. The third-order valence-corrected chi connectivity index (χ3v) is 4.92. The van der Waals surface area contributed by atoms with Gasteiger partial charge in [-0.15, -0.1) is 0 Å². The van der Waals surface area contributed by atoms with Crippen molar-refractivity contribution in [1.29, 1.82) is 0 Å². The van der Waals surface area contributed by atoms with Crippen LogP contribution in [0.15, 0.2) is 36.5 Å². The molecule has 1 aromatic heterocycles. The van der Waals surface area contributed by atoms with Gasteiger partial charge >= 0.3 is 0 Å². The molecule has 0 saturated carbocycles. The lowest BCUT2D eigenvalue weighted by molar-refractivity contribution is -0.129. The summed E-state index contributed by atoms with van der Waals surface area (Å²) in [5.41, 5.74) is 2.22. The molecule has 0 atom stereocenters. The van der Waals surface area contributed by atoms with Gasteiger partial charge in [0.25, 0.3) is 0 Å². The molecule has 3 rings (SSSR count). The Hall–Kier alpha value is -2.83. The molecule has 1 aliphatic heterocycles. The minimum absolute atomic E-state index is 0.124. The van der Waals surface area contributed by atoms with Crippen LogP contribution in [0.5, 0.6) is 0 Å². The van der Waals surface area contributed by atoms with Crippen molar-refractivity contribution in [3.63, 3.8) is 0 Å². The van der Waals surface area contributed by atoms with Crippen LogP contribution in [-0.4, -0.2) is 60.0 Å². The van der Waals surface area contributed by atoms with E-state index in [-0.39, 0.29) is 5.91 Å². The maximum absolute atomic E-state index is 11.5. The van der Waals surface area contributed by atoms with Crippen molar-refractivity contribution in [2.45, 2.75) is 20.8 Å². The molecule has 0 unspecified atom stereocenters. The minimum atomic E-state index is 0.124. The number of benzene rings is 1. The van der Waals surface area contributed by atoms with E-state index in [2.05, 4.69) is 63.2 Å². The molecule has 7 nitrogen and oxygen atoms in total. The number of hydrogen-bond donors (Lipinski definition) is 1. The van der Waals surface area contributed by atoms with Gasteiger partial charge in [-0.1, -0.05) is 0 Å². The summed E-state index contributed by atoms with van der Waals surface area (Å²) in [4.78, 5) is 26.8. The van der Waals surface area contributed by atoms with E-state index < -0.39 is 0 Å². The number of nitrogens with zero attached hydrogens (tertiary/aromatic N) is 5. The molecular formula is C20H28N6O. The summed E-state index contributed by atoms with van der Waals surface area (Å²) < 4.78 is 0. The van der Waals surface area contributed by atoms with E-state index in [0.717, 1.165) is 37.7 Å². The third kappa shape index (κ3) is 4.67. The van der Waals surface area contributed by atoms with Crippen LogP contribution in [0.25, 0.3) is 0 Å². The Balaban J connectivity index is 1.65. The van der Waals surface area contributed by atoms with E-state index >= 15 is 0 Å². The molecule has 27 heavy (non-hydrogen) atoms. The zero-order valence-electron chi connectivity index (χ0n) is 16.4. The number of nitrogens with one attached hydrogen (secondary N) is 1. The normalized spacial score (nSPS) is 14.2. The SMILES string of the molecule is CCN(CC)c1ccc(Nc2ccnc(N3CCN(C(C)=O)CC3)n2)cc1. The molecule has 1 fully saturated rings. The molecule has 7 heteroatoms. The van der Waals surface area contributed by atoms with Gasteiger partial charge in [-0.3, -0.25) is 4.79 Å². The minimum Gasteiger partial charge on any atom is -0.372 e. The average molecular weight is 368 g/mol. The van der Waals surface area contributed by atoms with Crippen LogP contribution in [0.1, 0.15) is 20.8 Å². The Morgan fingerprint density at radius 3 is 2.33 bits per heavy atom. The van der Waals surface area contributed by atoms with Gasteiger partial charge in [0.1, 0.15) is 5.82 Å². The third-order valence-electron chi connectivity index (χ3n) is 4.92. The molecule has 0 radical (unpaired) electrons. The zero-order chi connectivity index (χ0) is 19.2. The van der Waals surface area contributed by atoms with Gasteiger partial charge in [0, 0.05) is 63.8 Å². The van der Waals surface area contributed by atoms with Gasteiger partial charge in [-0.05, 0) is 44.2 Å². The lowest BCUT2D eigenvalue weighted by atomic mass is 10.2. The van der Waals surface area contributed by atoms with Crippen molar-refractivity contribution in [1.82, 2.24) is 14.9 Å². The van der Waals surface area contributed by atoms with Crippen molar-refractivity contribution in [2.24, 2.45) is 0 Å². The predicted octanol–water partition coefficient (Wildman–Crippen LogP) is 2.73. The van der Waals surface area contributed by atoms with Crippen molar-refractivity contribution in [3.05, 3.63) is 36.5 Å². The maximum Gasteiger partial charge on any atom is 0.227 e. The molecule has 0 spiro atoms. The number of aromatic nitrogens is 2. The fraction of sp³-hybridized carbons (Fsp3) is 0.450. The molecule has 0 bridgehead atoms. The van der Waals surface area contributed by atoms with Gasteiger partial charge < -0.3 is 20.0 Å². The van der Waals surface area contributed by atoms with Crippen LogP contribution in [-0.2, 0) is 4.79 Å². The lowest BCUT2D eigenvalue weighted by Gasteiger charge is -2.34. The monoisotopic (exact) mass is 368 g/mol. The molecule has 2 heterocycles. The molecule has 1 aromatic carbocycles. The summed E-state index contributed by atoms with van der Waals surface area (Å²) in [6.07, 6.45) is 1.77. The highest BCUT2D eigenvalue weighted by Crippen LogP contribution is 2.21. The van der Waals surface area contributed by atoms with E-state index in [4.69, 9.17) is 0 Å². The highest BCUT2D eigenvalue weighted by molar-refractivity contribution is 5.73. The van der Waals surface area contributed by atoms with Crippen LogP contribution in [0, 0.1) is 0 Å². The summed E-state index contributed by atoms with van der Waals surface area (Å²) in [6.45, 7) is 10.9. The Morgan fingerprint density at radius 1 is 1.07 bits per heavy atom. The van der Waals surface area contributed by atoms with Crippen LogP contribution >= 0.6 is 0 Å². The van der Waals surface area contributed by atoms with Crippen LogP contribution in [0.4, 0.5) is 23.1 Å². The lowest BCUT2D eigenvalue weighted by Crippen LogP contribution is -2.48. The predicted molar refractivity (Wildman–Crippen MR) is 110 cm³/mol. The zero-order valence-corrected chi connectivity index (χ0v) is 16.4. The van der Waals surface area contributed by atoms with Gasteiger partial charge in [0.15, 0.2) is 0 Å². The number of rotatable bonds is 6. The highest BCUT2D eigenvalue weighted by Gasteiger charge is 2.20. The standard InChI is InChI=1S/C20H28N6O/c1-4-24(5-2)18-8-6-17(7-9-18)22-19-10-11-21-20(23-19)26-14-12-25(13-15-26)16(3)27/h6-11H,4-5,12-15H2,1-3H3,(H,21,22,23). The molecule has 1 aliphatic rings. The highest BCUT2D eigenvalue weighted by atomic mass is 16.2. The van der Waals surface area contributed by atoms with Crippen LogP contribution in [0.2, 0.25) is 0 Å². The molecular weight excluding hydrogens is 340 g/mol. The first-order valence-electron chi connectivity index (χ1n) is 9.56. The van der Waals surface area contributed by atoms with Gasteiger partial charge in [0.05, 0.1) is 0 Å².